The van der Waals surface area contributed by atoms with E-state index in [4.69, 9.17) is 4.74 Å². The average Bonchev–Trinajstić information content (AvgIpc) is 2.49. The van der Waals surface area contributed by atoms with E-state index in [2.05, 4.69) is 17.7 Å². The summed E-state index contributed by atoms with van der Waals surface area (Å²) in [7, 11) is 0. The number of amides is 1. The van der Waals surface area contributed by atoms with E-state index in [1.807, 2.05) is 20.8 Å². The number of nitrogens with one attached hydrogen (secondary N) is 2. The molecule has 0 bridgehead atoms. The third kappa shape index (κ3) is 9.82. The predicted octanol–water partition coefficient (Wildman–Crippen LogP) is 3.84. The Morgan fingerprint density at radius 2 is 1.74 bits per heavy atom. The molecule has 0 spiro atoms. The van der Waals surface area contributed by atoms with Crippen molar-refractivity contribution in [1.29, 1.82) is 0 Å². The molecule has 1 aliphatic heterocycles. The molecule has 0 aromatic heterocycles. The molecule has 0 aromatic rings. The van der Waals surface area contributed by atoms with E-state index < -0.39 is 5.60 Å². The van der Waals surface area contributed by atoms with Crippen molar-refractivity contribution in [3.8, 4) is 0 Å². The van der Waals surface area contributed by atoms with Gasteiger partial charge in [-0.05, 0) is 53.1 Å². The van der Waals surface area contributed by atoms with Crippen LogP contribution >= 0.6 is 0 Å². The first-order valence-electron chi connectivity index (χ1n) is 9.40. The zero-order valence-corrected chi connectivity index (χ0v) is 15.6. The minimum atomic E-state index is -0.452. The van der Waals surface area contributed by atoms with E-state index in [-0.39, 0.29) is 6.09 Å². The minimum absolute atomic E-state index is 0.246. The number of carbonyl (C=O) groups excluding carboxylic acids is 1. The van der Waals surface area contributed by atoms with Gasteiger partial charge in [-0.1, -0.05) is 39.0 Å². The van der Waals surface area contributed by atoms with Crippen molar-refractivity contribution in [1.82, 2.24) is 15.8 Å². The highest BCUT2D eigenvalue weighted by molar-refractivity contribution is 5.67. The second-order valence-electron chi connectivity index (χ2n) is 7.55. The molecule has 5 nitrogen and oxygen atoms in total. The monoisotopic (exact) mass is 327 g/mol. The number of nitrogens with zero attached hydrogens (tertiary/aromatic N) is 1. The van der Waals surface area contributed by atoms with Crippen LogP contribution in [0.3, 0.4) is 0 Å². The van der Waals surface area contributed by atoms with E-state index in [1.54, 1.807) is 5.01 Å². The van der Waals surface area contributed by atoms with Gasteiger partial charge in [-0.3, -0.25) is 0 Å². The van der Waals surface area contributed by atoms with Crippen molar-refractivity contribution >= 4 is 6.09 Å². The van der Waals surface area contributed by atoms with E-state index >= 15 is 0 Å². The average molecular weight is 328 g/mol. The third-order valence-corrected chi connectivity index (χ3v) is 4.03. The number of carbonyl (C=O) groups is 1. The fourth-order valence-corrected chi connectivity index (χ4v) is 2.75. The minimum Gasteiger partial charge on any atom is -0.443 e. The molecule has 2 N–H and O–H groups in total. The smallest absolute Gasteiger partial charge is 0.424 e. The van der Waals surface area contributed by atoms with Crippen LogP contribution in [-0.2, 0) is 4.74 Å². The van der Waals surface area contributed by atoms with Crippen LogP contribution < -0.4 is 10.7 Å². The zero-order chi connectivity index (χ0) is 17.1. The quantitative estimate of drug-likeness (QED) is 0.499. The summed E-state index contributed by atoms with van der Waals surface area (Å²) in [5, 5.41) is 5.06. The highest BCUT2D eigenvalue weighted by Gasteiger charge is 2.24. The van der Waals surface area contributed by atoms with Crippen LogP contribution in [0.15, 0.2) is 0 Å². The molecule has 1 saturated heterocycles. The van der Waals surface area contributed by atoms with Crippen LogP contribution in [0.5, 0.6) is 0 Å². The summed E-state index contributed by atoms with van der Waals surface area (Å²) < 4.78 is 5.55. The summed E-state index contributed by atoms with van der Waals surface area (Å²) in [6.45, 7) is 10.7. The van der Waals surface area contributed by atoms with Gasteiger partial charge in [0, 0.05) is 12.6 Å². The summed E-state index contributed by atoms with van der Waals surface area (Å²) in [4.78, 5) is 12.4. The van der Waals surface area contributed by atoms with Crippen LogP contribution in [0.2, 0.25) is 0 Å². The highest BCUT2D eigenvalue weighted by Crippen LogP contribution is 2.12. The topological polar surface area (TPSA) is 53.6 Å². The van der Waals surface area contributed by atoms with Gasteiger partial charge in [-0.25, -0.2) is 15.2 Å². The Labute approximate surface area is 142 Å². The van der Waals surface area contributed by atoms with Gasteiger partial charge in [-0.15, -0.1) is 0 Å². The second kappa shape index (κ2) is 10.9. The van der Waals surface area contributed by atoms with Crippen LogP contribution in [0.25, 0.3) is 0 Å². The normalized spacial score (nSPS) is 16.3. The lowest BCUT2D eigenvalue weighted by Gasteiger charge is -2.33. The van der Waals surface area contributed by atoms with Crippen molar-refractivity contribution in [2.45, 2.75) is 90.7 Å². The molecule has 1 heterocycles. The fourth-order valence-electron chi connectivity index (χ4n) is 2.75. The summed E-state index contributed by atoms with van der Waals surface area (Å²) in [5.74, 6) is 0. The Hall–Kier alpha value is -0.810. The summed E-state index contributed by atoms with van der Waals surface area (Å²) in [6.07, 6.45) is 9.18. The predicted molar refractivity (Wildman–Crippen MR) is 95.3 cm³/mol. The van der Waals surface area contributed by atoms with Crippen LogP contribution in [0.4, 0.5) is 4.79 Å². The summed E-state index contributed by atoms with van der Waals surface area (Å²) in [5.41, 5.74) is 2.95. The molecule has 1 aliphatic rings. The SMILES string of the molecule is CCCCCCCCN(NC1CCNCC1)C(=O)OC(C)(C)C. The zero-order valence-electron chi connectivity index (χ0n) is 15.6. The van der Waals surface area contributed by atoms with Crippen LogP contribution in [-0.4, -0.2) is 42.4 Å². The lowest BCUT2D eigenvalue weighted by Crippen LogP contribution is -2.52. The van der Waals surface area contributed by atoms with Gasteiger partial charge >= 0.3 is 6.09 Å². The van der Waals surface area contributed by atoms with Gasteiger partial charge in [0.25, 0.3) is 0 Å². The molecule has 1 rings (SSSR count). The van der Waals surface area contributed by atoms with Crippen LogP contribution in [0.1, 0.15) is 79.1 Å². The summed E-state index contributed by atoms with van der Waals surface area (Å²) in [6, 6.07) is 0.365. The van der Waals surface area contributed by atoms with Gasteiger partial charge in [-0.2, -0.15) is 0 Å². The number of hydrogen-bond acceptors (Lipinski definition) is 4. The highest BCUT2D eigenvalue weighted by atomic mass is 16.6. The first-order valence-corrected chi connectivity index (χ1v) is 9.40. The van der Waals surface area contributed by atoms with Crippen molar-refractivity contribution < 1.29 is 9.53 Å². The molecular formula is C18H37N3O2. The fraction of sp³-hybridized carbons (Fsp3) is 0.944. The van der Waals surface area contributed by atoms with Gasteiger partial charge in [0.1, 0.15) is 5.60 Å². The Morgan fingerprint density at radius 1 is 1.13 bits per heavy atom. The Kier molecular flexibility index (Phi) is 9.56. The van der Waals surface area contributed by atoms with Crippen molar-refractivity contribution in [3.05, 3.63) is 0 Å². The molecule has 5 heteroatoms. The molecule has 0 atom stereocenters. The maximum Gasteiger partial charge on any atom is 0.424 e. The van der Waals surface area contributed by atoms with Crippen molar-refractivity contribution in [2.24, 2.45) is 0 Å². The van der Waals surface area contributed by atoms with Gasteiger partial charge in [0.05, 0.1) is 0 Å². The van der Waals surface area contributed by atoms with E-state index in [0.29, 0.717) is 6.04 Å². The Morgan fingerprint density at radius 3 is 2.35 bits per heavy atom. The number of hydrogen-bond donors (Lipinski definition) is 2. The number of piperidine rings is 1. The maximum atomic E-state index is 12.4. The second-order valence-corrected chi connectivity index (χ2v) is 7.55. The number of unbranched alkanes of at least 4 members (excludes halogenated alkanes) is 5. The Bertz CT molecular complexity index is 323. The number of rotatable bonds is 9. The first-order chi connectivity index (χ1) is 10.9. The van der Waals surface area contributed by atoms with Crippen molar-refractivity contribution in [2.75, 3.05) is 19.6 Å². The number of hydrazine groups is 1. The molecule has 23 heavy (non-hydrogen) atoms. The standard InChI is InChI=1S/C18H37N3O2/c1-5-6-7-8-9-10-15-21(17(22)23-18(2,3)4)20-16-11-13-19-14-12-16/h16,19-20H,5-15H2,1-4H3. The largest absolute Gasteiger partial charge is 0.443 e. The maximum absolute atomic E-state index is 12.4. The molecule has 0 aliphatic carbocycles. The van der Waals surface area contributed by atoms with E-state index in [0.717, 1.165) is 38.9 Å². The van der Waals surface area contributed by atoms with Gasteiger partial charge < -0.3 is 10.1 Å². The molecule has 0 unspecified atom stereocenters. The summed E-state index contributed by atoms with van der Waals surface area (Å²) >= 11 is 0. The van der Waals surface area contributed by atoms with Gasteiger partial charge in [0.15, 0.2) is 0 Å². The van der Waals surface area contributed by atoms with Gasteiger partial charge in [0.2, 0.25) is 0 Å². The molecule has 1 fully saturated rings. The number of ether oxygens (including phenoxy) is 1. The first kappa shape index (κ1) is 20.2. The lowest BCUT2D eigenvalue weighted by molar-refractivity contribution is 0.00781. The molecule has 1 amide bonds. The van der Waals surface area contributed by atoms with Crippen molar-refractivity contribution in [3.63, 3.8) is 0 Å². The molecular weight excluding hydrogens is 290 g/mol. The molecule has 136 valence electrons. The van der Waals surface area contributed by atoms with E-state index in [9.17, 15) is 4.79 Å². The van der Waals surface area contributed by atoms with Crippen LogP contribution in [0, 0.1) is 0 Å². The lowest BCUT2D eigenvalue weighted by atomic mass is 10.1. The Balaban J connectivity index is 2.41. The third-order valence-electron chi connectivity index (χ3n) is 4.03. The molecule has 0 saturated carbocycles. The van der Waals surface area contributed by atoms with E-state index in [1.165, 1.54) is 32.1 Å². The molecule has 0 radical (unpaired) electrons. The molecule has 0 aromatic carbocycles.